The van der Waals surface area contributed by atoms with E-state index >= 15 is 0 Å². The highest BCUT2D eigenvalue weighted by molar-refractivity contribution is 6.03. The smallest absolute Gasteiger partial charge is 0.254 e. The fourth-order valence-electron chi connectivity index (χ4n) is 5.48. The Kier molecular flexibility index (Phi) is 6.67. The summed E-state index contributed by atoms with van der Waals surface area (Å²) in [7, 11) is 4.83. The number of ether oxygens (including phenoxy) is 3. The second-order valence-corrected chi connectivity index (χ2v) is 9.96. The lowest BCUT2D eigenvalue weighted by atomic mass is 9.96. The normalized spacial score (nSPS) is 15.6. The average Bonchev–Trinajstić information content (AvgIpc) is 3.73. The van der Waals surface area contributed by atoms with Gasteiger partial charge in [0, 0.05) is 23.4 Å². The summed E-state index contributed by atoms with van der Waals surface area (Å²) < 4.78 is 18.7. The van der Waals surface area contributed by atoms with E-state index in [1.807, 2.05) is 60.8 Å². The second kappa shape index (κ2) is 10.4. The topological polar surface area (TPSA) is 73.2 Å². The number of hydrogen-bond acceptors (Lipinski definition) is 5. The fourth-order valence-corrected chi connectivity index (χ4v) is 5.48. The van der Waals surface area contributed by atoms with Crippen LogP contribution in [0, 0.1) is 0 Å². The van der Waals surface area contributed by atoms with Crippen molar-refractivity contribution in [1.82, 2.24) is 9.47 Å². The van der Waals surface area contributed by atoms with Crippen LogP contribution in [0.1, 0.15) is 40.5 Å². The lowest BCUT2D eigenvalue weighted by Crippen LogP contribution is -2.47. The number of anilines is 1. The first-order valence-corrected chi connectivity index (χ1v) is 13.3. The number of carbonyl (C=O) groups excluding carboxylic acids is 2. The molecule has 1 aliphatic carbocycles. The summed E-state index contributed by atoms with van der Waals surface area (Å²) in [6, 6.07) is 24.0. The minimum Gasteiger partial charge on any atom is -0.497 e. The van der Waals surface area contributed by atoms with Crippen molar-refractivity contribution in [2.45, 2.75) is 24.9 Å². The van der Waals surface area contributed by atoms with E-state index in [2.05, 4.69) is 4.57 Å². The Morgan fingerprint density at radius 3 is 2.20 bits per heavy atom. The lowest BCUT2D eigenvalue weighted by molar-refractivity contribution is -0.119. The number of amides is 2. The zero-order valence-corrected chi connectivity index (χ0v) is 22.7. The van der Waals surface area contributed by atoms with Gasteiger partial charge in [-0.25, -0.2) is 0 Å². The van der Waals surface area contributed by atoms with Crippen molar-refractivity contribution >= 4 is 17.5 Å². The number of aromatic nitrogens is 1. The zero-order chi connectivity index (χ0) is 27.8. The third-order valence-electron chi connectivity index (χ3n) is 7.61. The van der Waals surface area contributed by atoms with Gasteiger partial charge in [-0.15, -0.1) is 0 Å². The molecule has 204 valence electrons. The maximum Gasteiger partial charge on any atom is 0.254 e. The zero-order valence-electron chi connectivity index (χ0n) is 22.7. The SMILES string of the molecule is COc1ccc(C(=O)N(CC(=O)N2c3ccccc3-n3cccc3C2c2cc(OC)ccc2OC)C2CC2)cc1. The van der Waals surface area contributed by atoms with Crippen molar-refractivity contribution in [2.75, 3.05) is 32.8 Å². The summed E-state index contributed by atoms with van der Waals surface area (Å²) in [5.74, 6) is 1.64. The summed E-state index contributed by atoms with van der Waals surface area (Å²) >= 11 is 0. The van der Waals surface area contributed by atoms with Gasteiger partial charge in [0.2, 0.25) is 5.91 Å². The lowest BCUT2D eigenvalue weighted by Gasteiger charge is -2.40. The molecule has 2 heterocycles. The Hall–Kier alpha value is -4.72. The Bertz CT molecular complexity index is 1560. The molecule has 0 saturated heterocycles. The predicted octanol–water partition coefficient (Wildman–Crippen LogP) is 5.24. The molecule has 1 saturated carbocycles. The number of rotatable bonds is 8. The molecule has 8 heteroatoms. The second-order valence-electron chi connectivity index (χ2n) is 9.96. The van der Waals surface area contributed by atoms with Gasteiger partial charge < -0.3 is 23.7 Å². The first-order valence-electron chi connectivity index (χ1n) is 13.3. The molecule has 0 spiro atoms. The van der Waals surface area contributed by atoms with Crippen molar-refractivity contribution in [3.05, 3.63) is 102 Å². The van der Waals surface area contributed by atoms with Crippen LogP contribution < -0.4 is 19.1 Å². The van der Waals surface area contributed by atoms with Gasteiger partial charge in [-0.1, -0.05) is 12.1 Å². The van der Waals surface area contributed by atoms with Crippen LogP contribution in [-0.2, 0) is 4.79 Å². The van der Waals surface area contributed by atoms with E-state index < -0.39 is 6.04 Å². The summed E-state index contributed by atoms with van der Waals surface area (Å²) in [6.07, 6.45) is 3.75. The minimum absolute atomic E-state index is 0.0345. The van der Waals surface area contributed by atoms with Crippen molar-refractivity contribution in [3.8, 4) is 22.9 Å². The van der Waals surface area contributed by atoms with E-state index in [1.54, 1.807) is 55.4 Å². The third kappa shape index (κ3) is 4.45. The van der Waals surface area contributed by atoms with Crippen LogP contribution in [0.25, 0.3) is 5.69 Å². The summed E-state index contributed by atoms with van der Waals surface area (Å²) in [5.41, 5.74) is 3.90. The molecule has 2 aliphatic rings. The Morgan fingerprint density at radius 1 is 0.825 bits per heavy atom. The van der Waals surface area contributed by atoms with Gasteiger partial charge in [-0.05, 0) is 79.6 Å². The molecule has 6 rings (SSSR count). The van der Waals surface area contributed by atoms with Crippen molar-refractivity contribution in [1.29, 1.82) is 0 Å². The van der Waals surface area contributed by atoms with E-state index in [-0.39, 0.29) is 24.4 Å². The van der Waals surface area contributed by atoms with Crippen molar-refractivity contribution in [3.63, 3.8) is 0 Å². The van der Waals surface area contributed by atoms with E-state index in [9.17, 15) is 9.59 Å². The maximum absolute atomic E-state index is 14.4. The molecule has 1 aliphatic heterocycles. The average molecular weight is 538 g/mol. The van der Waals surface area contributed by atoms with Gasteiger partial charge >= 0.3 is 0 Å². The molecule has 1 unspecified atom stereocenters. The van der Waals surface area contributed by atoms with Gasteiger partial charge in [0.15, 0.2) is 0 Å². The predicted molar refractivity (Wildman–Crippen MR) is 152 cm³/mol. The Balaban J connectivity index is 1.43. The standard InChI is InChI=1S/C32H31N3O5/c1-38-23-14-10-21(11-15-23)32(37)34(22-12-13-22)20-30(36)35-27-8-5-4-7-26(27)33-18-6-9-28(33)31(35)25-19-24(39-2)16-17-29(25)40-3/h4-11,14-19,22,31H,12-13,20H2,1-3H3. The fraction of sp³-hybridized carbons (Fsp3) is 0.250. The van der Waals surface area contributed by atoms with E-state index in [1.165, 1.54) is 0 Å². The number of para-hydroxylation sites is 2. The maximum atomic E-state index is 14.4. The number of fused-ring (bicyclic) bond motifs is 3. The Labute approximate surface area is 233 Å². The monoisotopic (exact) mass is 537 g/mol. The molecule has 1 fully saturated rings. The molecule has 0 radical (unpaired) electrons. The molecule has 0 N–H and O–H groups in total. The van der Waals surface area contributed by atoms with Gasteiger partial charge in [0.05, 0.1) is 38.4 Å². The number of hydrogen-bond donors (Lipinski definition) is 0. The molecular formula is C32H31N3O5. The largest absolute Gasteiger partial charge is 0.497 e. The molecule has 0 bridgehead atoms. The molecule has 3 aromatic carbocycles. The third-order valence-corrected chi connectivity index (χ3v) is 7.61. The van der Waals surface area contributed by atoms with Crippen LogP contribution in [0.5, 0.6) is 17.2 Å². The van der Waals surface area contributed by atoms with Crippen molar-refractivity contribution in [2.24, 2.45) is 0 Å². The first kappa shape index (κ1) is 25.6. The highest BCUT2D eigenvalue weighted by atomic mass is 16.5. The van der Waals surface area contributed by atoms with Gasteiger partial charge in [-0.3, -0.25) is 14.5 Å². The number of methoxy groups -OCH3 is 3. The molecule has 2 amide bonds. The van der Waals surface area contributed by atoms with E-state index in [4.69, 9.17) is 14.2 Å². The highest BCUT2D eigenvalue weighted by Crippen LogP contribution is 2.45. The summed E-state index contributed by atoms with van der Waals surface area (Å²) in [4.78, 5) is 31.6. The first-order chi connectivity index (χ1) is 19.5. The van der Waals surface area contributed by atoms with Gasteiger partial charge in [0.1, 0.15) is 29.8 Å². The van der Waals surface area contributed by atoms with Gasteiger partial charge in [0.25, 0.3) is 5.91 Å². The summed E-state index contributed by atoms with van der Waals surface area (Å²) in [6.45, 7) is -0.0483. The molecule has 1 aromatic heterocycles. The number of benzene rings is 3. The number of carbonyl (C=O) groups is 2. The highest BCUT2D eigenvalue weighted by Gasteiger charge is 2.41. The molecule has 40 heavy (non-hydrogen) atoms. The quantitative estimate of drug-likeness (QED) is 0.307. The number of nitrogens with zero attached hydrogens (tertiary/aromatic N) is 3. The van der Waals surface area contributed by atoms with Crippen LogP contribution in [0.3, 0.4) is 0 Å². The Morgan fingerprint density at radius 2 is 1.52 bits per heavy atom. The molecule has 4 aromatic rings. The van der Waals surface area contributed by atoms with Crippen LogP contribution >= 0.6 is 0 Å². The molecule has 1 atom stereocenters. The molecular weight excluding hydrogens is 506 g/mol. The van der Waals surface area contributed by atoms with Crippen molar-refractivity contribution < 1.29 is 23.8 Å². The minimum atomic E-state index is -0.500. The van der Waals surface area contributed by atoms with Crippen LogP contribution in [0.15, 0.2) is 85.1 Å². The van der Waals surface area contributed by atoms with Gasteiger partial charge in [-0.2, -0.15) is 0 Å². The summed E-state index contributed by atoms with van der Waals surface area (Å²) in [5, 5.41) is 0. The van der Waals surface area contributed by atoms with Crippen LogP contribution in [-0.4, -0.2) is 55.2 Å². The van der Waals surface area contributed by atoms with E-state index in [0.29, 0.717) is 22.8 Å². The molecule has 8 nitrogen and oxygen atoms in total. The van der Waals surface area contributed by atoms with Crippen LogP contribution in [0.2, 0.25) is 0 Å². The van der Waals surface area contributed by atoms with E-state index in [0.717, 1.165) is 35.5 Å². The van der Waals surface area contributed by atoms with Crippen LogP contribution in [0.4, 0.5) is 5.69 Å².